The summed E-state index contributed by atoms with van der Waals surface area (Å²) in [5.41, 5.74) is 0. The van der Waals surface area contributed by atoms with Crippen molar-refractivity contribution in [3.63, 3.8) is 0 Å². The highest BCUT2D eigenvalue weighted by atomic mass is 79.9. The third-order valence-corrected chi connectivity index (χ3v) is 4.32. The van der Waals surface area contributed by atoms with E-state index in [0.29, 0.717) is 6.04 Å². The van der Waals surface area contributed by atoms with Crippen molar-refractivity contribution >= 4 is 21.7 Å². The molecule has 1 fully saturated rings. The molecule has 1 aliphatic carbocycles. The Bertz CT molecular complexity index is 356. The zero-order valence-electron chi connectivity index (χ0n) is 9.78. The van der Waals surface area contributed by atoms with Gasteiger partial charge in [0, 0.05) is 12.2 Å². The van der Waals surface area contributed by atoms with Crippen molar-refractivity contribution in [2.45, 2.75) is 39.2 Å². The van der Waals surface area contributed by atoms with Crippen molar-refractivity contribution in [1.82, 2.24) is 9.97 Å². The smallest absolute Gasteiger partial charge is 0.143 e. The average Bonchev–Trinajstić information content (AvgIpc) is 2.63. The van der Waals surface area contributed by atoms with Crippen molar-refractivity contribution < 1.29 is 0 Å². The van der Waals surface area contributed by atoms with Crippen molar-refractivity contribution in [2.75, 3.05) is 5.32 Å². The van der Waals surface area contributed by atoms with E-state index in [9.17, 15) is 0 Å². The van der Waals surface area contributed by atoms with Gasteiger partial charge in [0.15, 0.2) is 0 Å². The third kappa shape index (κ3) is 2.37. The monoisotopic (exact) mass is 283 g/mol. The number of hydrogen-bond acceptors (Lipinski definition) is 3. The summed E-state index contributed by atoms with van der Waals surface area (Å²) in [5, 5.41) is 3.53. The molecule has 1 N–H and O–H groups in total. The van der Waals surface area contributed by atoms with Crippen LogP contribution in [0.5, 0.6) is 0 Å². The topological polar surface area (TPSA) is 37.8 Å². The van der Waals surface area contributed by atoms with Gasteiger partial charge in [0.05, 0.1) is 4.47 Å². The van der Waals surface area contributed by atoms with Gasteiger partial charge in [0.1, 0.15) is 12.1 Å². The van der Waals surface area contributed by atoms with Crippen LogP contribution in [0.4, 0.5) is 5.82 Å². The first-order valence-corrected chi connectivity index (χ1v) is 6.73. The molecule has 3 unspecified atom stereocenters. The summed E-state index contributed by atoms with van der Waals surface area (Å²) in [4.78, 5) is 8.23. The number of nitrogens with one attached hydrogen (secondary N) is 1. The lowest BCUT2D eigenvalue weighted by Gasteiger charge is -2.21. The molecule has 16 heavy (non-hydrogen) atoms. The van der Waals surface area contributed by atoms with E-state index in [-0.39, 0.29) is 0 Å². The van der Waals surface area contributed by atoms with Crippen LogP contribution in [0.25, 0.3) is 0 Å². The number of nitrogens with zero attached hydrogens (tertiary/aromatic N) is 2. The Kier molecular flexibility index (Phi) is 3.79. The molecule has 4 heteroatoms. The van der Waals surface area contributed by atoms with Crippen LogP contribution in [0.15, 0.2) is 17.0 Å². The third-order valence-electron chi connectivity index (χ3n) is 3.74. The van der Waals surface area contributed by atoms with Crippen molar-refractivity contribution in [1.29, 1.82) is 0 Å². The summed E-state index contributed by atoms with van der Waals surface area (Å²) >= 11 is 3.47. The lowest BCUT2D eigenvalue weighted by Crippen LogP contribution is -2.25. The number of hydrogen-bond donors (Lipinski definition) is 1. The molecule has 1 aromatic rings. The summed E-state index contributed by atoms with van der Waals surface area (Å²) in [6.07, 6.45) is 7.23. The lowest BCUT2D eigenvalue weighted by atomic mass is 9.93. The molecule has 0 aliphatic heterocycles. The Balaban J connectivity index is 2.04. The quantitative estimate of drug-likeness (QED) is 0.923. The molecule has 0 bridgehead atoms. The first-order chi connectivity index (χ1) is 7.72. The standard InChI is InChI=1S/C12H18BrN3/c1-3-9-4-5-11(8(9)2)16-12-10(13)6-14-7-15-12/h6-9,11H,3-5H2,1-2H3,(H,14,15,16). The molecule has 1 aromatic heterocycles. The maximum Gasteiger partial charge on any atom is 0.143 e. The van der Waals surface area contributed by atoms with E-state index >= 15 is 0 Å². The largest absolute Gasteiger partial charge is 0.366 e. The lowest BCUT2D eigenvalue weighted by molar-refractivity contribution is 0.391. The molecule has 0 saturated heterocycles. The van der Waals surface area contributed by atoms with Gasteiger partial charge in [0.2, 0.25) is 0 Å². The molecule has 88 valence electrons. The molecule has 1 heterocycles. The number of aromatic nitrogens is 2. The maximum absolute atomic E-state index is 4.26. The van der Waals surface area contributed by atoms with Gasteiger partial charge in [-0.05, 0) is 40.6 Å². The van der Waals surface area contributed by atoms with Crippen LogP contribution in [-0.4, -0.2) is 16.0 Å². The number of halogens is 1. The fraction of sp³-hybridized carbons (Fsp3) is 0.667. The first-order valence-electron chi connectivity index (χ1n) is 5.94. The van der Waals surface area contributed by atoms with E-state index in [1.165, 1.54) is 19.3 Å². The molecule has 3 atom stereocenters. The SMILES string of the molecule is CCC1CCC(Nc2ncncc2Br)C1C. The first kappa shape index (κ1) is 11.8. The molecule has 2 rings (SSSR count). The summed E-state index contributed by atoms with van der Waals surface area (Å²) < 4.78 is 0.946. The van der Waals surface area contributed by atoms with Crippen LogP contribution in [-0.2, 0) is 0 Å². The van der Waals surface area contributed by atoms with E-state index in [1.54, 1.807) is 12.5 Å². The minimum atomic E-state index is 0.552. The van der Waals surface area contributed by atoms with Crippen molar-refractivity contribution in [2.24, 2.45) is 11.8 Å². The normalized spacial score (nSPS) is 29.3. The molecular formula is C12H18BrN3. The zero-order chi connectivity index (χ0) is 11.5. The highest BCUT2D eigenvalue weighted by Crippen LogP contribution is 2.36. The van der Waals surface area contributed by atoms with Crippen LogP contribution in [0, 0.1) is 11.8 Å². The summed E-state index contributed by atoms with van der Waals surface area (Å²) in [6, 6.07) is 0.552. The number of anilines is 1. The maximum atomic E-state index is 4.26. The van der Waals surface area contributed by atoms with E-state index < -0.39 is 0 Å². The predicted molar refractivity (Wildman–Crippen MR) is 69.3 cm³/mol. The van der Waals surface area contributed by atoms with Crippen molar-refractivity contribution in [3.05, 3.63) is 17.0 Å². The minimum absolute atomic E-state index is 0.552. The molecular weight excluding hydrogens is 266 g/mol. The molecule has 1 saturated carbocycles. The molecule has 3 nitrogen and oxygen atoms in total. The Hall–Kier alpha value is -0.640. The Morgan fingerprint density at radius 2 is 2.31 bits per heavy atom. The number of rotatable bonds is 3. The Labute approximate surface area is 105 Å². The van der Waals surface area contributed by atoms with E-state index in [1.807, 2.05) is 0 Å². The zero-order valence-corrected chi connectivity index (χ0v) is 11.4. The predicted octanol–water partition coefficient (Wildman–Crippen LogP) is 3.48. The van der Waals surface area contributed by atoms with E-state index in [4.69, 9.17) is 0 Å². The van der Waals surface area contributed by atoms with Crippen LogP contribution in [0.2, 0.25) is 0 Å². The van der Waals surface area contributed by atoms with Gasteiger partial charge >= 0.3 is 0 Å². The summed E-state index contributed by atoms with van der Waals surface area (Å²) in [6.45, 7) is 4.62. The molecule has 0 aromatic carbocycles. The van der Waals surface area contributed by atoms with Crippen LogP contribution in [0.1, 0.15) is 33.1 Å². The van der Waals surface area contributed by atoms with Crippen molar-refractivity contribution in [3.8, 4) is 0 Å². The Morgan fingerprint density at radius 3 is 2.94 bits per heavy atom. The second kappa shape index (κ2) is 5.13. The van der Waals surface area contributed by atoms with Gasteiger partial charge < -0.3 is 5.32 Å². The van der Waals surface area contributed by atoms with Gasteiger partial charge in [-0.2, -0.15) is 0 Å². The second-order valence-electron chi connectivity index (χ2n) is 4.57. The van der Waals surface area contributed by atoms with Gasteiger partial charge in [-0.15, -0.1) is 0 Å². The van der Waals surface area contributed by atoms with Gasteiger partial charge in [-0.25, -0.2) is 9.97 Å². The summed E-state index contributed by atoms with van der Waals surface area (Å²) in [7, 11) is 0. The van der Waals surface area contributed by atoms with E-state index in [0.717, 1.165) is 22.1 Å². The highest BCUT2D eigenvalue weighted by molar-refractivity contribution is 9.10. The van der Waals surface area contributed by atoms with Crippen LogP contribution in [0.3, 0.4) is 0 Å². The average molecular weight is 284 g/mol. The van der Waals surface area contributed by atoms with Crippen LogP contribution >= 0.6 is 15.9 Å². The molecule has 0 spiro atoms. The Morgan fingerprint density at radius 1 is 1.50 bits per heavy atom. The van der Waals surface area contributed by atoms with Gasteiger partial charge in [-0.1, -0.05) is 20.3 Å². The fourth-order valence-corrected chi connectivity index (χ4v) is 2.96. The van der Waals surface area contributed by atoms with Gasteiger partial charge in [-0.3, -0.25) is 0 Å². The van der Waals surface area contributed by atoms with E-state index in [2.05, 4.69) is 45.1 Å². The minimum Gasteiger partial charge on any atom is -0.366 e. The van der Waals surface area contributed by atoms with Gasteiger partial charge in [0.25, 0.3) is 0 Å². The molecule has 1 aliphatic rings. The molecule has 0 radical (unpaired) electrons. The van der Waals surface area contributed by atoms with Crippen LogP contribution < -0.4 is 5.32 Å². The fourth-order valence-electron chi connectivity index (χ4n) is 2.62. The molecule has 0 amide bonds. The highest BCUT2D eigenvalue weighted by Gasteiger charge is 2.31. The second-order valence-corrected chi connectivity index (χ2v) is 5.43. The summed E-state index contributed by atoms with van der Waals surface area (Å²) in [5.74, 6) is 2.51.